The highest BCUT2D eigenvalue weighted by atomic mass is 79.9. The maximum absolute atomic E-state index is 5.18. The van der Waals surface area contributed by atoms with E-state index < -0.39 is 0 Å². The molecule has 1 rings (SSSR count). The Kier molecular flexibility index (Phi) is 6.71. The Morgan fingerprint density at radius 1 is 1.59 bits per heavy atom. The molecule has 94 valence electrons. The minimum Gasteiger partial charge on any atom is -0.310 e. The summed E-state index contributed by atoms with van der Waals surface area (Å²) in [5.74, 6) is 4.45. The van der Waals surface area contributed by atoms with E-state index in [1.807, 2.05) is 11.7 Å². The van der Waals surface area contributed by atoms with Crippen molar-refractivity contribution in [3.8, 4) is 12.3 Å². The number of nitrogens with zero attached hydrogens (tertiary/aromatic N) is 2. The molecule has 0 saturated heterocycles. The van der Waals surface area contributed by atoms with E-state index >= 15 is 0 Å². The fourth-order valence-electron chi connectivity index (χ4n) is 1.49. The van der Waals surface area contributed by atoms with E-state index in [-0.39, 0.29) is 0 Å². The van der Waals surface area contributed by atoms with Crippen LogP contribution in [-0.4, -0.2) is 27.8 Å². The first-order valence-electron chi connectivity index (χ1n) is 5.62. The van der Waals surface area contributed by atoms with Gasteiger partial charge in [0.2, 0.25) is 0 Å². The predicted molar refractivity (Wildman–Crippen MR) is 78.2 cm³/mol. The lowest BCUT2D eigenvalue weighted by atomic mass is 10.3. The van der Waals surface area contributed by atoms with E-state index in [1.54, 1.807) is 11.8 Å². The van der Waals surface area contributed by atoms with Gasteiger partial charge in [-0.1, -0.05) is 12.8 Å². The summed E-state index contributed by atoms with van der Waals surface area (Å²) in [6, 6.07) is 0. The molecule has 1 aromatic rings. The molecule has 0 saturated carbocycles. The standard InChI is InChI=1S/C12H18BrN3S/c1-4-7-17-8-6-14-9-11-12(13)10(5-2)15-16(11)3/h1,14H,5-9H2,2-3H3. The molecule has 0 aromatic carbocycles. The second kappa shape index (κ2) is 7.80. The smallest absolute Gasteiger partial charge is 0.0767 e. The summed E-state index contributed by atoms with van der Waals surface area (Å²) in [7, 11) is 1.98. The average Bonchev–Trinajstić information content (AvgIpc) is 2.60. The Hall–Kier alpha value is -0.440. The molecule has 0 amide bonds. The van der Waals surface area contributed by atoms with Gasteiger partial charge in [0, 0.05) is 25.9 Å². The van der Waals surface area contributed by atoms with Crippen molar-refractivity contribution in [3.63, 3.8) is 0 Å². The van der Waals surface area contributed by atoms with Gasteiger partial charge in [-0.3, -0.25) is 4.68 Å². The van der Waals surface area contributed by atoms with Gasteiger partial charge in [0.05, 0.1) is 21.6 Å². The average molecular weight is 316 g/mol. The summed E-state index contributed by atoms with van der Waals surface area (Å²) in [6.45, 7) is 3.91. The van der Waals surface area contributed by atoms with Crippen LogP contribution in [0.1, 0.15) is 18.3 Å². The number of rotatable bonds is 7. The van der Waals surface area contributed by atoms with Crippen LogP contribution in [0.2, 0.25) is 0 Å². The lowest BCUT2D eigenvalue weighted by molar-refractivity contribution is 0.640. The highest BCUT2D eigenvalue weighted by Gasteiger charge is 2.11. The Bertz CT molecular complexity index is 395. The monoisotopic (exact) mass is 315 g/mol. The topological polar surface area (TPSA) is 29.9 Å². The van der Waals surface area contributed by atoms with Gasteiger partial charge in [0.1, 0.15) is 0 Å². The highest BCUT2D eigenvalue weighted by molar-refractivity contribution is 9.10. The first-order chi connectivity index (χ1) is 8.20. The van der Waals surface area contributed by atoms with Crippen molar-refractivity contribution in [3.05, 3.63) is 15.9 Å². The van der Waals surface area contributed by atoms with Crippen LogP contribution in [-0.2, 0) is 20.0 Å². The number of nitrogens with one attached hydrogen (secondary N) is 1. The first-order valence-corrected chi connectivity index (χ1v) is 7.57. The van der Waals surface area contributed by atoms with Gasteiger partial charge in [-0.05, 0) is 22.4 Å². The third-order valence-electron chi connectivity index (χ3n) is 2.40. The van der Waals surface area contributed by atoms with Crippen molar-refractivity contribution in [1.82, 2.24) is 15.1 Å². The van der Waals surface area contributed by atoms with Gasteiger partial charge >= 0.3 is 0 Å². The maximum atomic E-state index is 5.18. The zero-order valence-corrected chi connectivity index (χ0v) is 12.7. The molecule has 0 atom stereocenters. The number of halogens is 1. The third kappa shape index (κ3) is 4.38. The van der Waals surface area contributed by atoms with Crippen molar-refractivity contribution in [2.45, 2.75) is 19.9 Å². The molecule has 1 heterocycles. The van der Waals surface area contributed by atoms with E-state index in [0.717, 1.165) is 41.2 Å². The largest absolute Gasteiger partial charge is 0.310 e. The predicted octanol–water partition coefficient (Wildman–Crippen LogP) is 2.20. The normalized spacial score (nSPS) is 10.5. The van der Waals surface area contributed by atoms with Crippen LogP contribution in [0, 0.1) is 12.3 Å². The van der Waals surface area contributed by atoms with Gasteiger partial charge in [-0.25, -0.2) is 0 Å². The summed E-state index contributed by atoms with van der Waals surface area (Å²) in [5.41, 5.74) is 2.31. The fraction of sp³-hybridized carbons (Fsp3) is 0.583. The Balaban J connectivity index is 2.37. The van der Waals surface area contributed by atoms with E-state index in [9.17, 15) is 0 Å². The van der Waals surface area contributed by atoms with Crippen molar-refractivity contribution >= 4 is 27.7 Å². The van der Waals surface area contributed by atoms with Gasteiger partial charge in [0.15, 0.2) is 0 Å². The molecule has 0 spiro atoms. The molecule has 0 aliphatic rings. The first kappa shape index (κ1) is 14.6. The molecule has 1 N–H and O–H groups in total. The maximum Gasteiger partial charge on any atom is 0.0767 e. The molecular formula is C12H18BrN3S. The summed E-state index contributed by atoms with van der Waals surface area (Å²) >= 11 is 5.37. The zero-order valence-electron chi connectivity index (χ0n) is 10.3. The zero-order chi connectivity index (χ0) is 12.7. The van der Waals surface area contributed by atoms with Gasteiger partial charge < -0.3 is 5.32 Å². The summed E-state index contributed by atoms with van der Waals surface area (Å²) in [6.07, 6.45) is 6.13. The molecule has 0 radical (unpaired) electrons. The second-order valence-corrected chi connectivity index (χ2v) is 5.52. The van der Waals surface area contributed by atoms with Crippen LogP contribution in [0.25, 0.3) is 0 Å². The molecule has 0 bridgehead atoms. The molecule has 3 nitrogen and oxygen atoms in total. The third-order valence-corrected chi connectivity index (χ3v) is 4.18. The number of hydrogen-bond donors (Lipinski definition) is 1. The summed E-state index contributed by atoms with van der Waals surface area (Å²) in [4.78, 5) is 0. The molecular weight excluding hydrogens is 298 g/mol. The molecule has 0 unspecified atom stereocenters. The number of thioether (sulfide) groups is 1. The van der Waals surface area contributed by atoms with Crippen LogP contribution < -0.4 is 5.32 Å². The molecule has 17 heavy (non-hydrogen) atoms. The Morgan fingerprint density at radius 3 is 2.94 bits per heavy atom. The van der Waals surface area contributed by atoms with E-state index in [1.165, 1.54) is 5.69 Å². The minimum absolute atomic E-state index is 0.789. The van der Waals surface area contributed by atoms with E-state index in [4.69, 9.17) is 6.42 Å². The Morgan fingerprint density at radius 2 is 2.35 bits per heavy atom. The lowest BCUT2D eigenvalue weighted by Crippen LogP contribution is -2.18. The molecule has 5 heteroatoms. The minimum atomic E-state index is 0.789. The van der Waals surface area contributed by atoms with Crippen LogP contribution >= 0.6 is 27.7 Å². The van der Waals surface area contributed by atoms with Gasteiger partial charge in [-0.2, -0.15) is 5.10 Å². The van der Waals surface area contributed by atoms with Crippen LogP contribution in [0.4, 0.5) is 0 Å². The SMILES string of the molecule is C#CCSCCNCc1c(Br)c(CC)nn1C. The van der Waals surface area contributed by atoms with Crippen LogP contribution in [0.15, 0.2) is 4.47 Å². The molecule has 0 fully saturated rings. The number of aromatic nitrogens is 2. The van der Waals surface area contributed by atoms with Gasteiger partial charge in [-0.15, -0.1) is 18.2 Å². The van der Waals surface area contributed by atoms with Gasteiger partial charge in [0.25, 0.3) is 0 Å². The van der Waals surface area contributed by atoms with Crippen molar-refractivity contribution in [2.75, 3.05) is 18.1 Å². The van der Waals surface area contributed by atoms with Crippen LogP contribution in [0.3, 0.4) is 0 Å². The Labute approximate surface area is 116 Å². The fourth-order valence-corrected chi connectivity index (χ4v) is 2.80. The van der Waals surface area contributed by atoms with Crippen molar-refractivity contribution in [2.24, 2.45) is 7.05 Å². The number of hydrogen-bond acceptors (Lipinski definition) is 3. The quantitative estimate of drug-likeness (QED) is 0.618. The lowest BCUT2D eigenvalue weighted by Gasteiger charge is -2.05. The highest BCUT2D eigenvalue weighted by Crippen LogP contribution is 2.21. The second-order valence-electron chi connectivity index (χ2n) is 3.62. The van der Waals surface area contributed by atoms with E-state index in [0.29, 0.717) is 0 Å². The van der Waals surface area contributed by atoms with Crippen molar-refractivity contribution < 1.29 is 0 Å². The molecule has 1 aromatic heterocycles. The van der Waals surface area contributed by atoms with Crippen molar-refractivity contribution in [1.29, 1.82) is 0 Å². The molecule has 0 aliphatic heterocycles. The van der Waals surface area contributed by atoms with E-state index in [2.05, 4.69) is 39.2 Å². The summed E-state index contributed by atoms with van der Waals surface area (Å²) in [5, 5.41) is 7.85. The number of aryl methyl sites for hydroxylation is 2. The summed E-state index contributed by atoms with van der Waals surface area (Å²) < 4.78 is 3.07. The van der Waals surface area contributed by atoms with Crippen LogP contribution in [0.5, 0.6) is 0 Å². The molecule has 0 aliphatic carbocycles. The number of terminal acetylenes is 1.